The molecule has 0 spiro atoms. The van der Waals surface area contributed by atoms with Gasteiger partial charge in [-0.1, -0.05) is 24.3 Å². The van der Waals surface area contributed by atoms with Gasteiger partial charge in [-0.3, -0.25) is 0 Å². The molecule has 1 fully saturated rings. The van der Waals surface area contributed by atoms with Crippen LogP contribution in [0.25, 0.3) is 0 Å². The fourth-order valence-electron chi connectivity index (χ4n) is 3.43. The Morgan fingerprint density at radius 3 is 2.85 bits per heavy atom. The lowest BCUT2D eigenvalue weighted by atomic mass is 9.89. The van der Waals surface area contributed by atoms with Gasteiger partial charge in [-0.2, -0.15) is 0 Å². The number of nitrogens with zero attached hydrogens (tertiary/aromatic N) is 1. The van der Waals surface area contributed by atoms with E-state index in [1.54, 1.807) is 0 Å². The molecule has 1 aliphatic carbocycles. The van der Waals surface area contributed by atoms with Crippen molar-refractivity contribution in [3.05, 3.63) is 35.4 Å². The number of hydrogen-bond donors (Lipinski definition) is 1. The van der Waals surface area contributed by atoms with Gasteiger partial charge in [0.15, 0.2) is 0 Å². The zero-order chi connectivity index (χ0) is 13.8. The lowest BCUT2D eigenvalue weighted by Gasteiger charge is -2.27. The van der Waals surface area contributed by atoms with Crippen molar-refractivity contribution in [3.8, 4) is 0 Å². The van der Waals surface area contributed by atoms with Gasteiger partial charge in [0.2, 0.25) is 0 Å². The van der Waals surface area contributed by atoms with Crippen molar-refractivity contribution in [2.75, 3.05) is 26.2 Å². The average Bonchev–Trinajstić information content (AvgIpc) is 2.98. The largest absolute Gasteiger partial charge is 0.389 e. The summed E-state index contributed by atoms with van der Waals surface area (Å²) >= 11 is 0. The minimum Gasteiger partial charge on any atom is -0.389 e. The Morgan fingerprint density at radius 1 is 1.20 bits per heavy atom. The summed E-state index contributed by atoms with van der Waals surface area (Å²) in [6.45, 7) is 3.47. The third-order valence-corrected chi connectivity index (χ3v) is 4.47. The lowest BCUT2D eigenvalue weighted by molar-refractivity contribution is -0.0261. The molecule has 2 atom stereocenters. The van der Waals surface area contributed by atoms with E-state index in [-0.39, 0.29) is 12.2 Å². The van der Waals surface area contributed by atoms with Gasteiger partial charge in [0.25, 0.3) is 0 Å². The SMILES string of the molecule is OC(COC1CCCc2ccccc21)CN1CCCC1. The average molecular weight is 275 g/mol. The summed E-state index contributed by atoms with van der Waals surface area (Å²) in [4.78, 5) is 2.34. The molecule has 2 unspecified atom stereocenters. The summed E-state index contributed by atoms with van der Waals surface area (Å²) < 4.78 is 6.00. The maximum absolute atomic E-state index is 10.1. The fraction of sp³-hybridized carbons (Fsp3) is 0.647. The highest BCUT2D eigenvalue weighted by Crippen LogP contribution is 2.32. The zero-order valence-corrected chi connectivity index (χ0v) is 12.1. The first kappa shape index (κ1) is 14.1. The molecule has 1 aliphatic heterocycles. The van der Waals surface area contributed by atoms with E-state index < -0.39 is 0 Å². The van der Waals surface area contributed by atoms with E-state index in [0.717, 1.165) is 32.5 Å². The topological polar surface area (TPSA) is 32.7 Å². The van der Waals surface area contributed by atoms with Gasteiger partial charge >= 0.3 is 0 Å². The van der Waals surface area contributed by atoms with Crippen LogP contribution in [0.5, 0.6) is 0 Å². The van der Waals surface area contributed by atoms with E-state index in [9.17, 15) is 5.11 Å². The van der Waals surface area contributed by atoms with Crippen molar-refractivity contribution >= 4 is 0 Å². The van der Waals surface area contributed by atoms with E-state index in [1.807, 2.05) is 0 Å². The van der Waals surface area contributed by atoms with Crippen molar-refractivity contribution < 1.29 is 9.84 Å². The van der Waals surface area contributed by atoms with Gasteiger partial charge in [-0.05, 0) is 56.3 Å². The van der Waals surface area contributed by atoms with E-state index in [2.05, 4.69) is 29.2 Å². The quantitative estimate of drug-likeness (QED) is 0.896. The second-order valence-electron chi connectivity index (χ2n) is 6.07. The number of aliphatic hydroxyl groups is 1. The minimum atomic E-state index is -0.359. The summed E-state index contributed by atoms with van der Waals surface area (Å²) in [5.74, 6) is 0. The number of aryl methyl sites for hydroxylation is 1. The predicted octanol–water partition coefficient (Wildman–Crippen LogP) is 2.54. The van der Waals surface area contributed by atoms with Crippen LogP contribution in [-0.4, -0.2) is 42.4 Å². The summed E-state index contributed by atoms with van der Waals surface area (Å²) in [6, 6.07) is 8.56. The molecule has 3 heteroatoms. The minimum absolute atomic E-state index is 0.174. The molecule has 1 aromatic rings. The van der Waals surface area contributed by atoms with E-state index >= 15 is 0 Å². The Balaban J connectivity index is 1.51. The van der Waals surface area contributed by atoms with Crippen LogP contribution in [0.4, 0.5) is 0 Å². The number of β-amino-alcohol motifs (C(OH)–C–C–N with tert-alkyl or cyclic N) is 1. The Bertz CT molecular complexity index is 429. The first-order valence-electron chi connectivity index (χ1n) is 7.93. The van der Waals surface area contributed by atoms with Crippen molar-refractivity contribution in [1.82, 2.24) is 4.90 Å². The summed E-state index contributed by atoms with van der Waals surface area (Å²) in [7, 11) is 0. The summed E-state index contributed by atoms with van der Waals surface area (Å²) in [6.07, 6.45) is 5.77. The molecule has 1 saturated heterocycles. The van der Waals surface area contributed by atoms with Crippen molar-refractivity contribution in [3.63, 3.8) is 0 Å². The van der Waals surface area contributed by atoms with Crippen molar-refractivity contribution in [2.45, 2.75) is 44.3 Å². The molecule has 3 rings (SSSR count). The zero-order valence-electron chi connectivity index (χ0n) is 12.1. The fourth-order valence-corrected chi connectivity index (χ4v) is 3.43. The first-order valence-corrected chi connectivity index (χ1v) is 7.93. The second-order valence-corrected chi connectivity index (χ2v) is 6.07. The van der Waals surface area contributed by atoms with Crippen LogP contribution in [0, 0.1) is 0 Å². The second kappa shape index (κ2) is 6.70. The van der Waals surface area contributed by atoms with Crippen LogP contribution in [0.15, 0.2) is 24.3 Å². The molecule has 0 bridgehead atoms. The van der Waals surface area contributed by atoms with E-state index in [1.165, 1.54) is 30.4 Å². The van der Waals surface area contributed by atoms with Gasteiger partial charge in [0.05, 0.1) is 18.8 Å². The van der Waals surface area contributed by atoms with Crippen LogP contribution < -0.4 is 0 Å². The van der Waals surface area contributed by atoms with Crippen LogP contribution >= 0.6 is 0 Å². The highest BCUT2D eigenvalue weighted by Gasteiger charge is 2.22. The molecule has 3 nitrogen and oxygen atoms in total. The summed E-state index contributed by atoms with van der Waals surface area (Å²) in [5.41, 5.74) is 2.74. The monoisotopic (exact) mass is 275 g/mol. The Labute approximate surface area is 121 Å². The van der Waals surface area contributed by atoms with Gasteiger partial charge in [0.1, 0.15) is 0 Å². The van der Waals surface area contributed by atoms with Gasteiger partial charge < -0.3 is 14.7 Å². The number of aliphatic hydroxyl groups excluding tert-OH is 1. The summed E-state index contributed by atoms with van der Waals surface area (Å²) in [5, 5.41) is 10.1. The third kappa shape index (κ3) is 3.40. The molecule has 0 aromatic heterocycles. The van der Waals surface area contributed by atoms with Crippen LogP contribution in [0.2, 0.25) is 0 Å². The van der Waals surface area contributed by atoms with Crippen molar-refractivity contribution in [2.24, 2.45) is 0 Å². The molecule has 20 heavy (non-hydrogen) atoms. The molecule has 0 amide bonds. The number of fused-ring (bicyclic) bond motifs is 1. The van der Waals surface area contributed by atoms with Crippen LogP contribution in [0.1, 0.15) is 42.9 Å². The van der Waals surface area contributed by atoms with E-state index in [0.29, 0.717) is 6.61 Å². The molecule has 1 N–H and O–H groups in total. The molecule has 1 heterocycles. The smallest absolute Gasteiger partial charge is 0.0900 e. The molecule has 2 aliphatic rings. The Kier molecular flexibility index (Phi) is 4.71. The van der Waals surface area contributed by atoms with Gasteiger partial charge in [0, 0.05) is 6.54 Å². The highest BCUT2D eigenvalue weighted by molar-refractivity contribution is 5.31. The number of likely N-dealkylation sites (tertiary alicyclic amines) is 1. The standard InChI is InChI=1S/C17H25NO2/c19-15(12-18-10-3-4-11-18)13-20-17-9-5-7-14-6-1-2-8-16(14)17/h1-2,6,8,15,17,19H,3-5,7,9-13H2. The maximum Gasteiger partial charge on any atom is 0.0900 e. The maximum atomic E-state index is 10.1. The Morgan fingerprint density at radius 2 is 2.00 bits per heavy atom. The molecular weight excluding hydrogens is 250 g/mol. The number of hydrogen-bond acceptors (Lipinski definition) is 3. The Hall–Kier alpha value is -0.900. The van der Waals surface area contributed by atoms with Crippen LogP contribution in [-0.2, 0) is 11.2 Å². The normalized spacial score (nSPS) is 24.6. The molecule has 110 valence electrons. The van der Waals surface area contributed by atoms with Gasteiger partial charge in [-0.15, -0.1) is 0 Å². The predicted molar refractivity (Wildman–Crippen MR) is 79.8 cm³/mol. The highest BCUT2D eigenvalue weighted by atomic mass is 16.5. The molecule has 0 saturated carbocycles. The van der Waals surface area contributed by atoms with Crippen molar-refractivity contribution in [1.29, 1.82) is 0 Å². The molecular formula is C17H25NO2. The van der Waals surface area contributed by atoms with Crippen LogP contribution in [0.3, 0.4) is 0 Å². The first-order chi connectivity index (χ1) is 9.83. The third-order valence-electron chi connectivity index (χ3n) is 4.47. The number of benzene rings is 1. The lowest BCUT2D eigenvalue weighted by Crippen LogP contribution is -2.33. The van der Waals surface area contributed by atoms with E-state index in [4.69, 9.17) is 4.74 Å². The van der Waals surface area contributed by atoms with Gasteiger partial charge in [-0.25, -0.2) is 0 Å². The molecule has 0 radical (unpaired) electrons. The number of rotatable bonds is 5. The molecule has 1 aromatic carbocycles. The number of ether oxygens (including phenoxy) is 1.